The second kappa shape index (κ2) is 7.64. The molecule has 0 bridgehead atoms. The third-order valence-electron chi connectivity index (χ3n) is 2.45. The van der Waals surface area contributed by atoms with Crippen LogP contribution < -0.4 is 0 Å². The summed E-state index contributed by atoms with van der Waals surface area (Å²) in [5.74, 6) is -0.678. The second-order valence-corrected chi connectivity index (χ2v) is 5.09. The Morgan fingerprint density at radius 3 is 2.17 bits per heavy atom. The zero-order valence-corrected chi connectivity index (χ0v) is 11.8. The Balaban J connectivity index is 4.17. The lowest BCUT2D eigenvalue weighted by atomic mass is 9.87. The minimum atomic E-state index is -0.448. The van der Waals surface area contributed by atoms with Crippen molar-refractivity contribution < 1.29 is 14.3 Å². The molecule has 0 heterocycles. The molecule has 0 aromatic carbocycles. The van der Waals surface area contributed by atoms with E-state index in [2.05, 4.69) is 32.4 Å². The summed E-state index contributed by atoms with van der Waals surface area (Å²) >= 11 is 0. The van der Waals surface area contributed by atoms with Crippen LogP contribution in [0.15, 0.2) is 36.0 Å². The number of allylic oxidation sites excluding steroid dienone is 5. The van der Waals surface area contributed by atoms with Crippen LogP contribution in [0.1, 0.15) is 34.6 Å². The van der Waals surface area contributed by atoms with Crippen LogP contribution in [0.25, 0.3) is 0 Å². The summed E-state index contributed by atoms with van der Waals surface area (Å²) < 4.78 is 4.57. The molecule has 0 aliphatic rings. The van der Waals surface area contributed by atoms with Crippen molar-refractivity contribution in [1.82, 2.24) is 0 Å². The zero-order valence-electron chi connectivity index (χ0n) is 11.8. The normalized spacial score (nSPS) is 13.3. The molecule has 0 rings (SSSR count). The Hall–Kier alpha value is -1.64. The van der Waals surface area contributed by atoms with E-state index in [9.17, 15) is 9.59 Å². The fraction of sp³-hybridized carbons (Fsp3) is 0.467. The standard InChI is InChI=1S/C15H22O3/c1-12(15(3,4)5)9-7-6-8-10-14(17)11-18-13(2)16/h6-10H,11H2,1-5H3/b7-6+,10-8+,12-9+. The van der Waals surface area contributed by atoms with Crippen LogP contribution in [0, 0.1) is 5.41 Å². The predicted octanol–water partition coefficient (Wildman–Crippen LogP) is 3.22. The third kappa shape index (κ3) is 8.50. The van der Waals surface area contributed by atoms with Crippen molar-refractivity contribution in [3.63, 3.8) is 0 Å². The summed E-state index contributed by atoms with van der Waals surface area (Å²) in [6.45, 7) is 9.58. The summed E-state index contributed by atoms with van der Waals surface area (Å²) in [6, 6.07) is 0. The molecular formula is C15H22O3. The molecule has 0 saturated heterocycles. The number of rotatable bonds is 5. The molecule has 3 heteroatoms. The molecule has 0 spiro atoms. The van der Waals surface area contributed by atoms with Gasteiger partial charge in [-0.2, -0.15) is 0 Å². The van der Waals surface area contributed by atoms with Gasteiger partial charge in [-0.15, -0.1) is 0 Å². The molecule has 3 nitrogen and oxygen atoms in total. The van der Waals surface area contributed by atoms with Gasteiger partial charge in [0.05, 0.1) is 0 Å². The van der Waals surface area contributed by atoms with Crippen LogP contribution in [-0.2, 0) is 14.3 Å². The molecule has 0 saturated carbocycles. The monoisotopic (exact) mass is 250 g/mol. The van der Waals surface area contributed by atoms with Gasteiger partial charge in [0.1, 0.15) is 0 Å². The number of carbonyl (C=O) groups is 2. The van der Waals surface area contributed by atoms with E-state index in [-0.39, 0.29) is 17.8 Å². The lowest BCUT2D eigenvalue weighted by Gasteiger charge is -2.18. The zero-order chi connectivity index (χ0) is 14.2. The Labute approximate surface area is 109 Å². The molecule has 0 aliphatic heterocycles. The summed E-state index contributed by atoms with van der Waals surface area (Å²) in [5, 5.41) is 0. The number of ketones is 1. The Morgan fingerprint density at radius 2 is 1.67 bits per heavy atom. The molecule has 0 aliphatic carbocycles. The number of carbonyl (C=O) groups excluding carboxylic acids is 2. The van der Waals surface area contributed by atoms with Crippen molar-refractivity contribution >= 4 is 11.8 Å². The number of hydrogen-bond donors (Lipinski definition) is 0. The maximum atomic E-state index is 11.2. The Kier molecular flexibility index (Phi) is 6.94. The molecule has 0 atom stereocenters. The Morgan fingerprint density at radius 1 is 1.06 bits per heavy atom. The van der Waals surface area contributed by atoms with Gasteiger partial charge in [0, 0.05) is 6.92 Å². The van der Waals surface area contributed by atoms with Gasteiger partial charge in [-0.1, -0.05) is 50.6 Å². The van der Waals surface area contributed by atoms with E-state index < -0.39 is 5.97 Å². The van der Waals surface area contributed by atoms with Gasteiger partial charge in [-0.3, -0.25) is 9.59 Å². The number of ether oxygens (including phenoxy) is 1. The molecular weight excluding hydrogens is 228 g/mol. The molecule has 0 N–H and O–H groups in total. The van der Waals surface area contributed by atoms with Crippen LogP contribution in [0.3, 0.4) is 0 Å². The average Bonchev–Trinajstić information content (AvgIpc) is 2.24. The SMILES string of the molecule is CC(=O)OCC(=O)/C=C/C=C/C=C(\C)C(C)(C)C. The minimum Gasteiger partial charge on any atom is -0.457 e. The van der Waals surface area contributed by atoms with E-state index in [1.807, 2.05) is 12.2 Å². The molecule has 0 fully saturated rings. The van der Waals surface area contributed by atoms with Crippen LogP contribution in [0.4, 0.5) is 0 Å². The maximum Gasteiger partial charge on any atom is 0.303 e. The quantitative estimate of drug-likeness (QED) is 0.427. The van der Waals surface area contributed by atoms with Crippen molar-refractivity contribution in [2.24, 2.45) is 5.41 Å². The summed E-state index contributed by atoms with van der Waals surface area (Å²) in [7, 11) is 0. The van der Waals surface area contributed by atoms with E-state index >= 15 is 0 Å². The van der Waals surface area contributed by atoms with Crippen LogP contribution in [0.2, 0.25) is 0 Å². The maximum absolute atomic E-state index is 11.2. The van der Waals surface area contributed by atoms with Gasteiger partial charge in [0.15, 0.2) is 12.4 Å². The van der Waals surface area contributed by atoms with Gasteiger partial charge >= 0.3 is 5.97 Å². The van der Waals surface area contributed by atoms with E-state index in [1.54, 1.807) is 12.2 Å². The lowest BCUT2D eigenvalue weighted by molar-refractivity contribution is -0.144. The lowest BCUT2D eigenvalue weighted by Crippen LogP contribution is -2.08. The molecule has 0 amide bonds. The van der Waals surface area contributed by atoms with Crippen molar-refractivity contribution in [3.05, 3.63) is 36.0 Å². The topological polar surface area (TPSA) is 43.4 Å². The average molecular weight is 250 g/mol. The molecule has 18 heavy (non-hydrogen) atoms. The number of esters is 1. The largest absolute Gasteiger partial charge is 0.457 e. The van der Waals surface area contributed by atoms with Crippen molar-refractivity contribution in [1.29, 1.82) is 0 Å². The van der Waals surface area contributed by atoms with Gasteiger partial charge in [-0.05, 0) is 18.4 Å². The molecule has 100 valence electrons. The highest BCUT2D eigenvalue weighted by molar-refractivity contribution is 5.92. The molecule has 0 radical (unpaired) electrons. The molecule has 0 aromatic heterocycles. The first kappa shape index (κ1) is 16.4. The van der Waals surface area contributed by atoms with E-state index in [0.717, 1.165) is 0 Å². The summed E-state index contributed by atoms with van der Waals surface area (Å²) in [4.78, 5) is 21.7. The van der Waals surface area contributed by atoms with Crippen LogP contribution >= 0.6 is 0 Å². The highest BCUT2D eigenvalue weighted by Gasteiger charge is 2.10. The summed E-state index contributed by atoms with van der Waals surface area (Å²) in [5.41, 5.74) is 1.41. The third-order valence-corrected chi connectivity index (χ3v) is 2.45. The highest BCUT2D eigenvalue weighted by Crippen LogP contribution is 2.23. The Bertz CT molecular complexity index is 379. The fourth-order valence-corrected chi connectivity index (χ4v) is 0.898. The minimum absolute atomic E-state index is 0.152. The fourth-order valence-electron chi connectivity index (χ4n) is 0.898. The first-order chi connectivity index (χ1) is 8.23. The predicted molar refractivity (Wildman–Crippen MR) is 73.1 cm³/mol. The van der Waals surface area contributed by atoms with Crippen molar-refractivity contribution in [2.75, 3.05) is 6.61 Å². The van der Waals surface area contributed by atoms with E-state index in [0.29, 0.717) is 0 Å². The van der Waals surface area contributed by atoms with Crippen LogP contribution in [0.5, 0.6) is 0 Å². The van der Waals surface area contributed by atoms with Crippen molar-refractivity contribution in [2.45, 2.75) is 34.6 Å². The van der Waals surface area contributed by atoms with Gasteiger partial charge in [0.2, 0.25) is 0 Å². The van der Waals surface area contributed by atoms with Gasteiger partial charge in [0.25, 0.3) is 0 Å². The van der Waals surface area contributed by atoms with Gasteiger partial charge < -0.3 is 4.74 Å². The molecule has 0 aromatic rings. The van der Waals surface area contributed by atoms with Crippen LogP contribution in [-0.4, -0.2) is 18.4 Å². The first-order valence-corrected chi connectivity index (χ1v) is 5.92. The van der Waals surface area contributed by atoms with E-state index in [1.165, 1.54) is 18.6 Å². The van der Waals surface area contributed by atoms with E-state index in [4.69, 9.17) is 0 Å². The van der Waals surface area contributed by atoms with Crippen molar-refractivity contribution in [3.8, 4) is 0 Å². The second-order valence-electron chi connectivity index (χ2n) is 5.09. The summed E-state index contributed by atoms with van der Waals surface area (Å²) in [6.07, 6.45) is 8.70. The number of hydrogen-bond acceptors (Lipinski definition) is 3. The highest BCUT2D eigenvalue weighted by atomic mass is 16.5. The smallest absolute Gasteiger partial charge is 0.303 e. The first-order valence-electron chi connectivity index (χ1n) is 5.92. The molecule has 0 unspecified atom stereocenters. The van der Waals surface area contributed by atoms with Gasteiger partial charge in [-0.25, -0.2) is 0 Å².